The molecule has 0 aliphatic heterocycles. The second-order valence-corrected chi connectivity index (χ2v) is 6.73. The van der Waals surface area contributed by atoms with Crippen molar-refractivity contribution in [2.75, 3.05) is 10.6 Å². The minimum Gasteiger partial charge on any atom is -0.380 e. The summed E-state index contributed by atoms with van der Waals surface area (Å²) < 4.78 is 0. The molecule has 0 unspecified atom stereocenters. The summed E-state index contributed by atoms with van der Waals surface area (Å²) >= 11 is 11.8. The Morgan fingerprint density at radius 2 is 1.73 bits per heavy atom. The lowest BCUT2D eigenvalue weighted by atomic mass is 10.2. The monoisotopic (exact) mass is 385 g/mol. The highest BCUT2D eigenvalue weighted by Crippen LogP contribution is 2.21. The first-order valence-electron chi connectivity index (χ1n) is 8.02. The zero-order valence-corrected chi connectivity index (χ0v) is 15.6. The van der Waals surface area contributed by atoms with E-state index >= 15 is 0 Å². The van der Waals surface area contributed by atoms with Crippen LogP contribution in [-0.2, 0) is 6.54 Å². The number of benzene rings is 2. The molecule has 0 atom stereocenters. The Morgan fingerprint density at radius 3 is 2.46 bits per heavy atom. The lowest BCUT2D eigenvalue weighted by Crippen LogP contribution is -2.13. The molecule has 2 aromatic carbocycles. The van der Waals surface area contributed by atoms with E-state index in [9.17, 15) is 4.79 Å². The molecule has 6 heteroatoms. The fraction of sp³-hybridized carbons (Fsp3) is 0.100. The van der Waals surface area contributed by atoms with Gasteiger partial charge in [-0.25, -0.2) is 0 Å². The van der Waals surface area contributed by atoms with E-state index in [0.717, 1.165) is 22.5 Å². The van der Waals surface area contributed by atoms with E-state index in [1.165, 1.54) is 6.20 Å². The number of carbonyl (C=O) groups is 1. The van der Waals surface area contributed by atoms with E-state index < -0.39 is 0 Å². The maximum Gasteiger partial charge on any atom is 0.257 e. The van der Waals surface area contributed by atoms with Gasteiger partial charge in [-0.1, -0.05) is 35.3 Å². The molecule has 3 rings (SSSR count). The van der Waals surface area contributed by atoms with Crippen LogP contribution in [0.4, 0.5) is 11.4 Å². The molecule has 3 aromatic rings. The van der Waals surface area contributed by atoms with Gasteiger partial charge in [0.1, 0.15) is 0 Å². The molecule has 1 aromatic heterocycles. The predicted molar refractivity (Wildman–Crippen MR) is 107 cm³/mol. The molecule has 4 nitrogen and oxygen atoms in total. The van der Waals surface area contributed by atoms with E-state index in [2.05, 4.69) is 15.6 Å². The molecule has 0 spiro atoms. The first kappa shape index (κ1) is 18.2. The predicted octanol–water partition coefficient (Wildman–Crippen LogP) is 5.56. The molecule has 0 aliphatic rings. The zero-order valence-electron chi connectivity index (χ0n) is 14.1. The van der Waals surface area contributed by atoms with Crippen LogP contribution in [0, 0.1) is 6.92 Å². The summed E-state index contributed by atoms with van der Waals surface area (Å²) in [5, 5.41) is 7.47. The van der Waals surface area contributed by atoms with Crippen LogP contribution in [0.1, 0.15) is 21.5 Å². The summed E-state index contributed by atoms with van der Waals surface area (Å²) in [6.45, 7) is 2.50. The number of aromatic nitrogens is 1. The molecule has 26 heavy (non-hydrogen) atoms. The minimum atomic E-state index is -0.224. The number of nitrogens with one attached hydrogen (secondary N) is 2. The maximum atomic E-state index is 12.5. The number of aryl methyl sites for hydroxylation is 1. The molecular weight excluding hydrogens is 369 g/mol. The fourth-order valence-electron chi connectivity index (χ4n) is 2.43. The second-order valence-electron chi connectivity index (χ2n) is 5.86. The number of amides is 1. The maximum absolute atomic E-state index is 12.5. The van der Waals surface area contributed by atoms with Gasteiger partial charge in [0.25, 0.3) is 5.91 Å². The van der Waals surface area contributed by atoms with Crippen molar-refractivity contribution in [1.82, 2.24) is 4.98 Å². The lowest BCUT2D eigenvalue weighted by molar-refractivity contribution is 0.102. The fourth-order valence-corrected chi connectivity index (χ4v) is 2.78. The first-order chi connectivity index (χ1) is 12.5. The SMILES string of the molecule is Cc1cc(Cl)ccc1NC(=O)c1cncc(NCc2ccc(Cl)cc2)c1. The number of pyridine rings is 1. The highest BCUT2D eigenvalue weighted by molar-refractivity contribution is 6.31. The van der Waals surface area contributed by atoms with Crippen molar-refractivity contribution in [3.05, 3.63) is 87.7 Å². The van der Waals surface area contributed by atoms with Gasteiger partial charge in [-0.05, 0) is 54.4 Å². The Labute approximate surface area is 162 Å². The Balaban J connectivity index is 1.67. The molecule has 0 fully saturated rings. The largest absolute Gasteiger partial charge is 0.380 e. The molecule has 132 valence electrons. The van der Waals surface area contributed by atoms with E-state index in [-0.39, 0.29) is 5.91 Å². The summed E-state index contributed by atoms with van der Waals surface area (Å²) in [5.74, 6) is -0.224. The molecule has 1 heterocycles. The molecule has 0 aliphatic carbocycles. The Bertz CT molecular complexity index is 927. The van der Waals surface area contributed by atoms with Gasteiger partial charge in [0, 0.05) is 34.7 Å². The van der Waals surface area contributed by atoms with E-state index in [0.29, 0.717) is 22.2 Å². The Hall–Kier alpha value is -2.56. The molecule has 0 saturated heterocycles. The zero-order chi connectivity index (χ0) is 18.5. The van der Waals surface area contributed by atoms with Crippen LogP contribution in [-0.4, -0.2) is 10.9 Å². The van der Waals surface area contributed by atoms with Crippen molar-refractivity contribution in [2.45, 2.75) is 13.5 Å². The van der Waals surface area contributed by atoms with E-state index in [1.54, 1.807) is 30.5 Å². The second kappa shape index (κ2) is 8.21. The van der Waals surface area contributed by atoms with Crippen LogP contribution in [0.3, 0.4) is 0 Å². The van der Waals surface area contributed by atoms with E-state index in [1.807, 2.05) is 31.2 Å². The molecule has 0 saturated carbocycles. The number of nitrogens with zero attached hydrogens (tertiary/aromatic N) is 1. The molecule has 1 amide bonds. The number of rotatable bonds is 5. The molecule has 2 N–H and O–H groups in total. The van der Waals surface area contributed by atoms with Gasteiger partial charge >= 0.3 is 0 Å². The summed E-state index contributed by atoms with van der Waals surface area (Å²) in [6, 6.07) is 14.7. The number of halogens is 2. The number of hydrogen-bond donors (Lipinski definition) is 2. The van der Waals surface area contributed by atoms with Gasteiger partial charge in [0.2, 0.25) is 0 Å². The van der Waals surface area contributed by atoms with Crippen LogP contribution in [0.2, 0.25) is 10.0 Å². The van der Waals surface area contributed by atoms with Gasteiger partial charge in [0.15, 0.2) is 0 Å². The first-order valence-corrected chi connectivity index (χ1v) is 8.78. The van der Waals surface area contributed by atoms with Crippen molar-refractivity contribution in [3.63, 3.8) is 0 Å². The standard InChI is InChI=1S/C20H17Cl2N3O/c1-13-8-17(22)6-7-19(13)25-20(26)15-9-18(12-23-11-15)24-10-14-2-4-16(21)5-3-14/h2-9,11-12,24H,10H2,1H3,(H,25,26). The van der Waals surface area contributed by atoms with Crippen molar-refractivity contribution in [3.8, 4) is 0 Å². The van der Waals surface area contributed by atoms with Crippen LogP contribution in [0.25, 0.3) is 0 Å². The third-order valence-electron chi connectivity index (χ3n) is 3.85. The quantitative estimate of drug-likeness (QED) is 0.604. The third kappa shape index (κ3) is 4.75. The number of carbonyl (C=O) groups excluding carboxylic acids is 1. The normalized spacial score (nSPS) is 10.4. The molecular formula is C20H17Cl2N3O. The summed E-state index contributed by atoms with van der Waals surface area (Å²) in [5.41, 5.74) is 3.94. The average Bonchev–Trinajstić information content (AvgIpc) is 2.64. The van der Waals surface area contributed by atoms with Gasteiger partial charge < -0.3 is 10.6 Å². The Morgan fingerprint density at radius 1 is 1.00 bits per heavy atom. The number of anilines is 2. The summed E-state index contributed by atoms with van der Waals surface area (Å²) in [6.07, 6.45) is 3.22. The topological polar surface area (TPSA) is 54.0 Å². The van der Waals surface area contributed by atoms with Crippen molar-refractivity contribution >= 4 is 40.5 Å². The highest BCUT2D eigenvalue weighted by atomic mass is 35.5. The molecule has 0 bridgehead atoms. The lowest BCUT2D eigenvalue weighted by Gasteiger charge is -2.10. The van der Waals surface area contributed by atoms with Crippen LogP contribution in [0.5, 0.6) is 0 Å². The van der Waals surface area contributed by atoms with Crippen LogP contribution >= 0.6 is 23.2 Å². The van der Waals surface area contributed by atoms with Gasteiger partial charge in [-0.2, -0.15) is 0 Å². The van der Waals surface area contributed by atoms with Crippen LogP contribution < -0.4 is 10.6 Å². The third-order valence-corrected chi connectivity index (χ3v) is 4.33. The van der Waals surface area contributed by atoms with Crippen molar-refractivity contribution < 1.29 is 4.79 Å². The number of hydrogen-bond acceptors (Lipinski definition) is 3. The van der Waals surface area contributed by atoms with Gasteiger partial charge in [-0.15, -0.1) is 0 Å². The Kier molecular flexibility index (Phi) is 5.76. The highest BCUT2D eigenvalue weighted by Gasteiger charge is 2.09. The minimum absolute atomic E-state index is 0.224. The smallest absolute Gasteiger partial charge is 0.257 e. The van der Waals surface area contributed by atoms with Crippen molar-refractivity contribution in [1.29, 1.82) is 0 Å². The summed E-state index contributed by atoms with van der Waals surface area (Å²) in [7, 11) is 0. The molecule has 0 radical (unpaired) electrons. The van der Waals surface area contributed by atoms with E-state index in [4.69, 9.17) is 23.2 Å². The summed E-state index contributed by atoms with van der Waals surface area (Å²) in [4.78, 5) is 16.6. The van der Waals surface area contributed by atoms with Gasteiger partial charge in [0.05, 0.1) is 11.3 Å². The average molecular weight is 386 g/mol. The van der Waals surface area contributed by atoms with Gasteiger partial charge in [-0.3, -0.25) is 9.78 Å². The van der Waals surface area contributed by atoms with Crippen molar-refractivity contribution in [2.24, 2.45) is 0 Å². The van der Waals surface area contributed by atoms with Crippen LogP contribution in [0.15, 0.2) is 60.9 Å².